The molecule has 0 N–H and O–H groups in total. The number of hydrogen-bond acceptors (Lipinski definition) is 5. The quantitative estimate of drug-likeness (QED) is 0.537. The molecule has 0 aliphatic rings. The summed E-state index contributed by atoms with van der Waals surface area (Å²) in [6.07, 6.45) is 0.678. The van der Waals surface area contributed by atoms with E-state index in [0.717, 1.165) is 11.3 Å². The summed E-state index contributed by atoms with van der Waals surface area (Å²) in [7, 11) is 0. The first-order valence-corrected chi connectivity index (χ1v) is 10.2. The van der Waals surface area contributed by atoms with Gasteiger partial charge in [0.1, 0.15) is 15.3 Å². The third kappa shape index (κ3) is 3.74. The van der Waals surface area contributed by atoms with Crippen LogP contribution in [0.25, 0.3) is 10.2 Å². The van der Waals surface area contributed by atoms with Gasteiger partial charge in [0.25, 0.3) is 5.56 Å². The van der Waals surface area contributed by atoms with Crippen molar-refractivity contribution in [3.63, 3.8) is 0 Å². The Kier molecular flexibility index (Phi) is 5.93. The summed E-state index contributed by atoms with van der Waals surface area (Å²) in [5, 5.41) is 0.767. The average Bonchev–Trinajstić information content (AvgIpc) is 2.90. The van der Waals surface area contributed by atoms with Crippen LogP contribution in [0.4, 0.5) is 0 Å². The lowest BCUT2D eigenvalue weighted by Crippen LogP contribution is -2.39. The van der Waals surface area contributed by atoms with Crippen molar-refractivity contribution in [3.8, 4) is 0 Å². The van der Waals surface area contributed by atoms with Gasteiger partial charge in [0.05, 0.1) is 5.39 Å². The number of aromatic nitrogens is 2. The lowest BCUT2D eigenvalue weighted by atomic mass is 10.2. The molecule has 0 spiro atoms. The van der Waals surface area contributed by atoms with Gasteiger partial charge in [-0.2, -0.15) is 0 Å². The number of carbonyl (C=O) groups excluding carboxylic acids is 1. The summed E-state index contributed by atoms with van der Waals surface area (Å²) in [6, 6.07) is 0. The van der Waals surface area contributed by atoms with Gasteiger partial charge in [-0.15, -0.1) is 11.3 Å². The molecular formula is C17H23BrN2O4S. The molecule has 0 amide bonds. The minimum Gasteiger partial charge on any atom is -0.456 e. The van der Waals surface area contributed by atoms with E-state index < -0.39 is 11.6 Å². The van der Waals surface area contributed by atoms with Crippen molar-refractivity contribution in [3.05, 3.63) is 31.3 Å². The second kappa shape index (κ2) is 7.45. The van der Waals surface area contributed by atoms with Crippen LogP contribution in [-0.4, -0.2) is 20.7 Å². The van der Waals surface area contributed by atoms with Crippen molar-refractivity contribution in [2.75, 3.05) is 0 Å². The Morgan fingerprint density at radius 1 is 1.20 bits per heavy atom. The molecule has 8 heteroatoms. The molecule has 0 fully saturated rings. The SMILES string of the molecule is CCCn1c(=O)c2c(CBr)c(C(=O)OC(C)(C)C)sc2n(CC)c1=O. The number of hydrogen-bond donors (Lipinski definition) is 0. The van der Waals surface area contributed by atoms with Crippen LogP contribution in [0, 0.1) is 0 Å². The number of rotatable bonds is 5. The summed E-state index contributed by atoms with van der Waals surface area (Å²) in [5.74, 6) is -0.473. The summed E-state index contributed by atoms with van der Waals surface area (Å²) in [4.78, 5) is 39.0. The predicted molar refractivity (Wildman–Crippen MR) is 104 cm³/mol. The zero-order chi connectivity index (χ0) is 18.9. The van der Waals surface area contributed by atoms with E-state index in [0.29, 0.717) is 45.5 Å². The molecule has 0 saturated carbocycles. The lowest BCUT2D eigenvalue weighted by molar-refractivity contribution is 0.00746. The van der Waals surface area contributed by atoms with Crippen molar-refractivity contribution in [2.24, 2.45) is 0 Å². The standard InChI is InChI=1S/C17H23BrN2O4S/c1-6-8-20-13(21)11-10(9-18)12(15(22)24-17(3,4)5)25-14(11)19(7-2)16(20)23/h6-9H2,1-5H3. The maximum atomic E-state index is 12.9. The number of thiophene rings is 1. The maximum Gasteiger partial charge on any atom is 0.349 e. The Labute approximate surface area is 158 Å². The maximum absolute atomic E-state index is 12.9. The van der Waals surface area contributed by atoms with Gasteiger partial charge in [-0.1, -0.05) is 22.9 Å². The molecule has 0 radical (unpaired) electrons. The molecule has 6 nitrogen and oxygen atoms in total. The fourth-order valence-corrected chi connectivity index (χ4v) is 4.63. The molecule has 2 aromatic rings. The second-order valence-corrected chi connectivity index (χ2v) is 8.27. The Balaban J connectivity index is 2.85. The first-order chi connectivity index (χ1) is 11.7. The summed E-state index contributed by atoms with van der Waals surface area (Å²) in [5.41, 5.74) is -0.720. The highest BCUT2D eigenvalue weighted by Crippen LogP contribution is 2.31. The number of carbonyl (C=O) groups is 1. The van der Waals surface area contributed by atoms with Crippen LogP contribution in [0.2, 0.25) is 0 Å². The van der Waals surface area contributed by atoms with Crippen molar-refractivity contribution in [1.82, 2.24) is 9.13 Å². The van der Waals surface area contributed by atoms with Gasteiger partial charge >= 0.3 is 11.7 Å². The van der Waals surface area contributed by atoms with Gasteiger partial charge in [0.2, 0.25) is 0 Å². The highest BCUT2D eigenvalue weighted by atomic mass is 79.9. The molecule has 25 heavy (non-hydrogen) atoms. The van der Waals surface area contributed by atoms with Crippen molar-refractivity contribution < 1.29 is 9.53 Å². The Morgan fingerprint density at radius 3 is 2.32 bits per heavy atom. The minimum atomic E-state index is -0.635. The van der Waals surface area contributed by atoms with E-state index in [-0.39, 0.29) is 11.2 Å². The molecule has 0 bridgehead atoms. The number of nitrogens with zero attached hydrogens (tertiary/aromatic N) is 2. The number of alkyl halides is 1. The molecule has 0 unspecified atom stereocenters. The molecule has 2 heterocycles. The summed E-state index contributed by atoms with van der Waals surface area (Å²) < 4.78 is 8.28. The predicted octanol–water partition coefficient (Wildman–Crippen LogP) is 3.50. The number of ether oxygens (including phenoxy) is 1. The Hall–Kier alpha value is -1.41. The van der Waals surface area contributed by atoms with E-state index in [4.69, 9.17) is 4.74 Å². The third-order valence-electron chi connectivity index (χ3n) is 3.64. The van der Waals surface area contributed by atoms with Gasteiger partial charge in [-0.05, 0) is 34.1 Å². The monoisotopic (exact) mass is 430 g/mol. The van der Waals surface area contributed by atoms with Crippen molar-refractivity contribution >= 4 is 43.5 Å². The van der Waals surface area contributed by atoms with Crippen LogP contribution in [0.3, 0.4) is 0 Å². The summed E-state index contributed by atoms with van der Waals surface area (Å²) in [6.45, 7) is 9.93. The molecule has 2 rings (SSSR count). The van der Waals surface area contributed by atoms with Gasteiger partial charge in [0.15, 0.2) is 0 Å². The molecule has 0 saturated heterocycles. The molecular weight excluding hydrogens is 408 g/mol. The zero-order valence-corrected chi connectivity index (χ0v) is 17.5. The van der Waals surface area contributed by atoms with Gasteiger partial charge in [0, 0.05) is 24.0 Å². The fourth-order valence-electron chi connectivity index (χ4n) is 2.63. The van der Waals surface area contributed by atoms with Crippen molar-refractivity contribution in [2.45, 2.75) is 65.1 Å². The van der Waals surface area contributed by atoms with Gasteiger partial charge in [-0.3, -0.25) is 13.9 Å². The number of aryl methyl sites for hydroxylation is 1. The minimum absolute atomic E-state index is 0.333. The normalized spacial score (nSPS) is 11.9. The number of fused-ring (bicyclic) bond motifs is 1. The second-order valence-electron chi connectivity index (χ2n) is 6.71. The molecule has 2 aromatic heterocycles. The van der Waals surface area contributed by atoms with Crippen LogP contribution >= 0.6 is 27.3 Å². The largest absolute Gasteiger partial charge is 0.456 e. The molecule has 0 aromatic carbocycles. The van der Waals surface area contributed by atoms with Crippen LogP contribution in [0.5, 0.6) is 0 Å². The zero-order valence-electron chi connectivity index (χ0n) is 15.1. The van der Waals surface area contributed by atoms with Gasteiger partial charge in [-0.25, -0.2) is 9.59 Å². The average molecular weight is 431 g/mol. The number of esters is 1. The highest BCUT2D eigenvalue weighted by molar-refractivity contribution is 9.08. The van der Waals surface area contributed by atoms with E-state index in [9.17, 15) is 14.4 Å². The van der Waals surface area contributed by atoms with Crippen LogP contribution in [-0.2, 0) is 23.2 Å². The Morgan fingerprint density at radius 2 is 1.84 bits per heavy atom. The molecule has 0 aliphatic carbocycles. The lowest BCUT2D eigenvalue weighted by Gasteiger charge is -2.19. The molecule has 138 valence electrons. The smallest absolute Gasteiger partial charge is 0.349 e. The van der Waals surface area contributed by atoms with E-state index >= 15 is 0 Å². The first-order valence-electron chi connectivity index (χ1n) is 8.24. The van der Waals surface area contributed by atoms with Crippen LogP contribution < -0.4 is 11.2 Å². The van der Waals surface area contributed by atoms with Crippen LogP contribution in [0.15, 0.2) is 9.59 Å². The topological polar surface area (TPSA) is 70.3 Å². The van der Waals surface area contributed by atoms with E-state index in [1.54, 1.807) is 25.3 Å². The number of halogens is 1. The fraction of sp³-hybridized carbons (Fsp3) is 0.588. The third-order valence-corrected chi connectivity index (χ3v) is 5.43. The molecule has 0 aliphatic heterocycles. The van der Waals surface area contributed by atoms with E-state index in [2.05, 4.69) is 15.9 Å². The van der Waals surface area contributed by atoms with E-state index in [1.807, 2.05) is 13.8 Å². The Bertz CT molecular complexity index is 918. The van der Waals surface area contributed by atoms with E-state index in [1.165, 1.54) is 4.57 Å². The van der Waals surface area contributed by atoms with Crippen molar-refractivity contribution in [1.29, 1.82) is 0 Å². The first kappa shape index (κ1) is 19.9. The van der Waals surface area contributed by atoms with Gasteiger partial charge < -0.3 is 4.74 Å². The summed E-state index contributed by atoms with van der Waals surface area (Å²) >= 11 is 4.53. The highest BCUT2D eigenvalue weighted by Gasteiger charge is 2.27. The molecule has 0 atom stereocenters. The van der Waals surface area contributed by atoms with Crippen LogP contribution in [0.1, 0.15) is 56.3 Å².